The lowest BCUT2D eigenvalue weighted by Crippen LogP contribution is -2.09. The number of aromatic nitrogens is 2. The lowest BCUT2D eigenvalue weighted by molar-refractivity contribution is 0.244. The summed E-state index contributed by atoms with van der Waals surface area (Å²) in [6.07, 6.45) is 2.97. The van der Waals surface area contributed by atoms with Crippen LogP contribution in [0.1, 0.15) is 34.1 Å². The zero-order valence-electron chi connectivity index (χ0n) is 14.3. The monoisotopic (exact) mass is 314 g/mol. The smallest absolute Gasteiger partial charge is 0.229 e. The molecule has 0 radical (unpaired) electrons. The van der Waals surface area contributed by atoms with Crippen LogP contribution in [-0.2, 0) is 0 Å². The van der Waals surface area contributed by atoms with E-state index in [2.05, 4.69) is 34.4 Å². The van der Waals surface area contributed by atoms with Gasteiger partial charge in [-0.2, -0.15) is 4.98 Å². The number of nitrogens with one attached hydrogen (secondary N) is 2. The highest BCUT2D eigenvalue weighted by molar-refractivity contribution is 5.62. The van der Waals surface area contributed by atoms with Crippen LogP contribution in [0, 0.1) is 5.92 Å². The van der Waals surface area contributed by atoms with Gasteiger partial charge >= 0.3 is 0 Å². The van der Waals surface area contributed by atoms with Gasteiger partial charge in [0.25, 0.3) is 0 Å². The first-order valence-corrected chi connectivity index (χ1v) is 8.14. The zero-order chi connectivity index (χ0) is 16.7. The van der Waals surface area contributed by atoms with Crippen molar-refractivity contribution >= 4 is 17.5 Å². The lowest BCUT2D eigenvalue weighted by Gasteiger charge is -2.15. The Morgan fingerprint density at radius 2 is 1.87 bits per heavy atom. The molecule has 1 aromatic carbocycles. The maximum absolute atomic E-state index is 5.81. The highest BCUT2D eigenvalue weighted by atomic mass is 16.5. The second kappa shape index (κ2) is 8.36. The van der Waals surface area contributed by atoms with Crippen molar-refractivity contribution in [3.63, 3.8) is 0 Å². The number of anilines is 3. The Labute approximate surface area is 138 Å². The number of hydrogen-bond acceptors (Lipinski definition) is 5. The molecule has 0 saturated carbocycles. The summed E-state index contributed by atoms with van der Waals surface area (Å²) < 4.78 is 5.81. The van der Waals surface area contributed by atoms with E-state index in [4.69, 9.17) is 4.74 Å². The number of benzene rings is 1. The van der Waals surface area contributed by atoms with Gasteiger partial charge in [-0.15, -0.1) is 0 Å². The summed E-state index contributed by atoms with van der Waals surface area (Å²) in [7, 11) is 0. The molecule has 0 fully saturated rings. The van der Waals surface area contributed by atoms with Gasteiger partial charge < -0.3 is 15.4 Å². The third kappa shape index (κ3) is 5.77. The van der Waals surface area contributed by atoms with Crippen molar-refractivity contribution in [1.82, 2.24) is 9.97 Å². The Balaban J connectivity index is 2.06. The average Bonchev–Trinajstić information content (AvgIpc) is 2.49. The van der Waals surface area contributed by atoms with E-state index in [0.29, 0.717) is 11.9 Å². The van der Waals surface area contributed by atoms with Crippen LogP contribution >= 0.6 is 0 Å². The predicted octanol–water partition coefficient (Wildman–Crippen LogP) is 4.47. The van der Waals surface area contributed by atoms with E-state index in [1.54, 1.807) is 6.20 Å². The second-order valence-corrected chi connectivity index (χ2v) is 6.16. The molecule has 2 N–H and O–H groups in total. The number of nitrogens with zero attached hydrogens (tertiary/aromatic N) is 2. The van der Waals surface area contributed by atoms with Crippen LogP contribution in [0.3, 0.4) is 0 Å². The number of para-hydroxylation sites is 2. The van der Waals surface area contributed by atoms with E-state index in [0.717, 1.165) is 30.2 Å². The molecule has 0 bridgehead atoms. The molecule has 0 unspecified atom stereocenters. The standard InChI is InChI=1S/C18H26N4O/c1-13(2)9-11-19-17-10-12-20-18(22-17)21-15-7-5-6-8-16(15)23-14(3)4/h5-8,10,12-14H,9,11H2,1-4H3,(H2,19,20,21,22). The van der Waals surface area contributed by atoms with Gasteiger partial charge in [0.1, 0.15) is 11.6 Å². The Hall–Kier alpha value is -2.30. The third-order valence-electron chi connectivity index (χ3n) is 3.18. The molecular weight excluding hydrogens is 288 g/mol. The molecule has 0 saturated heterocycles. The molecule has 2 rings (SSSR count). The van der Waals surface area contributed by atoms with Crippen molar-refractivity contribution in [2.24, 2.45) is 5.92 Å². The fourth-order valence-corrected chi connectivity index (χ4v) is 2.05. The molecule has 5 nitrogen and oxygen atoms in total. The normalized spacial score (nSPS) is 10.9. The minimum Gasteiger partial charge on any atom is -0.489 e. The summed E-state index contributed by atoms with van der Waals surface area (Å²) >= 11 is 0. The van der Waals surface area contributed by atoms with Gasteiger partial charge in [-0.25, -0.2) is 4.98 Å². The largest absolute Gasteiger partial charge is 0.489 e. The quantitative estimate of drug-likeness (QED) is 0.753. The minimum absolute atomic E-state index is 0.114. The fraction of sp³-hybridized carbons (Fsp3) is 0.444. The van der Waals surface area contributed by atoms with E-state index < -0.39 is 0 Å². The van der Waals surface area contributed by atoms with Crippen molar-refractivity contribution in [2.45, 2.75) is 40.2 Å². The van der Waals surface area contributed by atoms with Crippen LogP contribution in [0.25, 0.3) is 0 Å². The summed E-state index contributed by atoms with van der Waals surface area (Å²) in [5.74, 6) is 2.84. The van der Waals surface area contributed by atoms with Crippen molar-refractivity contribution in [2.75, 3.05) is 17.2 Å². The fourth-order valence-electron chi connectivity index (χ4n) is 2.05. The summed E-state index contributed by atoms with van der Waals surface area (Å²) in [4.78, 5) is 8.78. The van der Waals surface area contributed by atoms with Crippen molar-refractivity contribution in [1.29, 1.82) is 0 Å². The van der Waals surface area contributed by atoms with Gasteiger partial charge in [0.2, 0.25) is 5.95 Å². The van der Waals surface area contributed by atoms with Gasteiger partial charge in [0.15, 0.2) is 0 Å². The SMILES string of the molecule is CC(C)CCNc1ccnc(Nc2ccccc2OC(C)C)n1. The van der Waals surface area contributed by atoms with Crippen LogP contribution in [-0.4, -0.2) is 22.6 Å². The van der Waals surface area contributed by atoms with E-state index in [1.165, 1.54) is 0 Å². The Morgan fingerprint density at radius 1 is 1.09 bits per heavy atom. The third-order valence-corrected chi connectivity index (χ3v) is 3.18. The van der Waals surface area contributed by atoms with E-state index in [-0.39, 0.29) is 6.10 Å². The van der Waals surface area contributed by atoms with Gasteiger partial charge in [0.05, 0.1) is 11.8 Å². The summed E-state index contributed by atoms with van der Waals surface area (Å²) in [5, 5.41) is 6.56. The molecular formula is C18H26N4O. The number of rotatable bonds is 8. The van der Waals surface area contributed by atoms with Crippen LogP contribution in [0.15, 0.2) is 36.5 Å². The molecule has 0 atom stereocenters. The molecule has 1 aromatic heterocycles. The van der Waals surface area contributed by atoms with Gasteiger partial charge in [0, 0.05) is 12.7 Å². The molecule has 0 aliphatic rings. The highest BCUT2D eigenvalue weighted by Gasteiger charge is 2.07. The lowest BCUT2D eigenvalue weighted by atomic mass is 10.1. The molecule has 0 amide bonds. The minimum atomic E-state index is 0.114. The Morgan fingerprint density at radius 3 is 2.61 bits per heavy atom. The maximum Gasteiger partial charge on any atom is 0.229 e. The van der Waals surface area contributed by atoms with Crippen LogP contribution in [0.4, 0.5) is 17.5 Å². The molecule has 0 aliphatic heterocycles. The van der Waals surface area contributed by atoms with Crippen LogP contribution < -0.4 is 15.4 Å². The Bertz CT molecular complexity index is 613. The van der Waals surface area contributed by atoms with Gasteiger partial charge in [-0.1, -0.05) is 26.0 Å². The second-order valence-electron chi connectivity index (χ2n) is 6.16. The molecule has 2 aromatic rings. The molecule has 0 spiro atoms. The van der Waals surface area contributed by atoms with E-state index >= 15 is 0 Å². The van der Waals surface area contributed by atoms with E-state index in [9.17, 15) is 0 Å². The summed E-state index contributed by atoms with van der Waals surface area (Å²) in [6, 6.07) is 9.68. The topological polar surface area (TPSA) is 59.1 Å². The first-order valence-electron chi connectivity index (χ1n) is 8.14. The maximum atomic E-state index is 5.81. The van der Waals surface area contributed by atoms with Crippen LogP contribution in [0.2, 0.25) is 0 Å². The van der Waals surface area contributed by atoms with Crippen molar-refractivity contribution in [3.8, 4) is 5.75 Å². The number of hydrogen-bond donors (Lipinski definition) is 2. The van der Waals surface area contributed by atoms with Crippen LogP contribution in [0.5, 0.6) is 5.75 Å². The molecule has 124 valence electrons. The molecule has 1 heterocycles. The highest BCUT2D eigenvalue weighted by Crippen LogP contribution is 2.27. The summed E-state index contributed by atoms with van der Waals surface area (Å²) in [5.41, 5.74) is 0.862. The van der Waals surface area contributed by atoms with E-state index in [1.807, 2.05) is 44.2 Å². The predicted molar refractivity (Wildman–Crippen MR) is 95.5 cm³/mol. The first kappa shape index (κ1) is 17.1. The Kier molecular flexibility index (Phi) is 6.20. The van der Waals surface area contributed by atoms with Crippen molar-refractivity contribution in [3.05, 3.63) is 36.5 Å². The number of ether oxygens (including phenoxy) is 1. The molecule has 5 heteroatoms. The van der Waals surface area contributed by atoms with Gasteiger partial charge in [-0.05, 0) is 44.4 Å². The molecule has 0 aliphatic carbocycles. The first-order chi connectivity index (χ1) is 11.0. The summed E-state index contributed by atoms with van der Waals surface area (Å²) in [6.45, 7) is 9.33. The van der Waals surface area contributed by atoms with Gasteiger partial charge in [-0.3, -0.25) is 0 Å². The average molecular weight is 314 g/mol. The van der Waals surface area contributed by atoms with Crippen molar-refractivity contribution < 1.29 is 4.74 Å². The zero-order valence-corrected chi connectivity index (χ0v) is 14.3. The molecule has 23 heavy (non-hydrogen) atoms.